The molecule has 0 spiro atoms. The van der Waals surface area contributed by atoms with Crippen molar-refractivity contribution in [1.82, 2.24) is 9.80 Å². The molecule has 1 aliphatic carbocycles. The molecule has 0 N–H and O–H groups in total. The van der Waals surface area contributed by atoms with Crippen LogP contribution in [0.15, 0.2) is 24.3 Å². The Balaban J connectivity index is 1.49. The second-order valence-electron chi connectivity index (χ2n) is 6.97. The first-order valence-corrected chi connectivity index (χ1v) is 9.50. The summed E-state index contributed by atoms with van der Waals surface area (Å²) in [7, 11) is 0. The molecule has 1 heterocycles. The van der Waals surface area contributed by atoms with E-state index in [0.29, 0.717) is 38.3 Å². The van der Waals surface area contributed by atoms with Crippen LogP contribution in [0.1, 0.15) is 49.4 Å². The largest absolute Gasteiger partial charge is 0.494 e. The number of piperazine rings is 1. The third-order valence-electron chi connectivity index (χ3n) is 5.20. The Morgan fingerprint density at radius 1 is 1.04 bits per heavy atom. The van der Waals surface area contributed by atoms with Crippen molar-refractivity contribution >= 4 is 11.8 Å². The van der Waals surface area contributed by atoms with Crippen molar-refractivity contribution in [3.05, 3.63) is 29.8 Å². The number of ether oxygens (including phenoxy) is 1. The van der Waals surface area contributed by atoms with Crippen LogP contribution in [0, 0.1) is 5.92 Å². The summed E-state index contributed by atoms with van der Waals surface area (Å²) in [5, 5.41) is 0. The number of carbonyl (C=O) groups excluding carboxylic acids is 2. The Hall–Kier alpha value is -2.04. The summed E-state index contributed by atoms with van der Waals surface area (Å²) in [5.41, 5.74) is 0.682. The van der Waals surface area contributed by atoms with Crippen LogP contribution in [0.3, 0.4) is 0 Å². The summed E-state index contributed by atoms with van der Waals surface area (Å²) >= 11 is 0. The fourth-order valence-corrected chi connectivity index (χ4v) is 3.25. The predicted molar refractivity (Wildman–Crippen MR) is 96.7 cm³/mol. The average Bonchev–Trinajstić information content (AvgIpc) is 2.60. The number of hydrogen-bond donors (Lipinski definition) is 0. The second kappa shape index (κ2) is 8.37. The van der Waals surface area contributed by atoms with Gasteiger partial charge in [-0.05, 0) is 43.5 Å². The van der Waals surface area contributed by atoms with Gasteiger partial charge in [-0.2, -0.15) is 0 Å². The smallest absolute Gasteiger partial charge is 0.253 e. The highest BCUT2D eigenvalue weighted by Crippen LogP contribution is 2.28. The molecule has 25 heavy (non-hydrogen) atoms. The lowest BCUT2D eigenvalue weighted by molar-refractivity contribution is -0.139. The normalized spacial score (nSPS) is 18.0. The van der Waals surface area contributed by atoms with Crippen LogP contribution in [-0.4, -0.2) is 54.4 Å². The standard InChI is InChI=1S/C20H28N2O3/c1-2-3-15-25-18-9-7-17(8-10-18)20(24)22-13-11-21(12-14-22)19(23)16-5-4-6-16/h7-10,16H,2-6,11-15H2,1H3. The van der Waals surface area contributed by atoms with Crippen LogP contribution in [-0.2, 0) is 4.79 Å². The number of amides is 2. The third-order valence-corrected chi connectivity index (χ3v) is 5.20. The lowest BCUT2D eigenvalue weighted by Gasteiger charge is -2.38. The zero-order chi connectivity index (χ0) is 17.6. The van der Waals surface area contributed by atoms with Gasteiger partial charge in [-0.15, -0.1) is 0 Å². The van der Waals surface area contributed by atoms with Gasteiger partial charge in [0.2, 0.25) is 5.91 Å². The minimum absolute atomic E-state index is 0.0378. The molecule has 0 radical (unpaired) electrons. The molecule has 5 nitrogen and oxygen atoms in total. The van der Waals surface area contributed by atoms with Gasteiger partial charge < -0.3 is 14.5 Å². The van der Waals surface area contributed by atoms with Gasteiger partial charge in [0.05, 0.1) is 6.61 Å². The monoisotopic (exact) mass is 344 g/mol. The summed E-state index contributed by atoms with van der Waals surface area (Å²) < 4.78 is 5.64. The van der Waals surface area contributed by atoms with E-state index in [0.717, 1.165) is 31.4 Å². The number of hydrogen-bond acceptors (Lipinski definition) is 3. The molecular weight excluding hydrogens is 316 g/mol. The van der Waals surface area contributed by atoms with E-state index < -0.39 is 0 Å². The zero-order valence-electron chi connectivity index (χ0n) is 15.1. The van der Waals surface area contributed by atoms with Crippen LogP contribution in [0.5, 0.6) is 5.75 Å². The molecule has 5 heteroatoms. The maximum Gasteiger partial charge on any atom is 0.253 e. The average molecular weight is 344 g/mol. The number of benzene rings is 1. The van der Waals surface area contributed by atoms with Gasteiger partial charge in [-0.3, -0.25) is 9.59 Å². The maximum absolute atomic E-state index is 12.6. The molecule has 1 aromatic carbocycles. The quantitative estimate of drug-likeness (QED) is 0.746. The van der Waals surface area contributed by atoms with Crippen molar-refractivity contribution in [1.29, 1.82) is 0 Å². The lowest BCUT2D eigenvalue weighted by atomic mass is 9.84. The van der Waals surface area contributed by atoms with Crippen LogP contribution >= 0.6 is 0 Å². The Kier molecular flexibility index (Phi) is 5.95. The molecule has 0 atom stereocenters. The molecule has 2 fully saturated rings. The molecule has 2 aliphatic rings. The lowest BCUT2D eigenvalue weighted by Crippen LogP contribution is -2.52. The van der Waals surface area contributed by atoms with Crippen LogP contribution in [0.2, 0.25) is 0 Å². The van der Waals surface area contributed by atoms with Gasteiger partial charge in [0.1, 0.15) is 5.75 Å². The number of unbranched alkanes of at least 4 members (excludes halogenated alkanes) is 1. The van der Waals surface area contributed by atoms with Crippen LogP contribution in [0.4, 0.5) is 0 Å². The number of nitrogens with zero attached hydrogens (tertiary/aromatic N) is 2. The van der Waals surface area contributed by atoms with E-state index in [1.54, 1.807) is 0 Å². The topological polar surface area (TPSA) is 49.9 Å². The van der Waals surface area contributed by atoms with Gasteiger partial charge in [-0.1, -0.05) is 19.8 Å². The van der Waals surface area contributed by atoms with Gasteiger partial charge in [0.15, 0.2) is 0 Å². The van der Waals surface area contributed by atoms with E-state index in [-0.39, 0.29) is 17.7 Å². The first-order valence-electron chi connectivity index (χ1n) is 9.50. The fourth-order valence-electron chi connectivity index (χ4n) is 3.25. The summed E-state index contributed by atoms with van der Waals surface area (Å²) in [6.07, 6.45) is 5.37. The minimum Gasteiger partial charge on any atom is -0.494 e. The van der Waals surface area contributed by atoms with Crippen LogP contribution in [0.25, 0.3) is 0 Å². The summed E-state index contributed by atoms with van der Waals surface area (Å²) in [4.78, 5) is 28.7. The summed E-state index contributed by atoms with van der Waals surface area (Å²) in [6.45, 7) is 5.38. The van der Waals surface area contributed by atoms with Crippen molar-refractivity contribution in [2.75, 3.05) is 32.8 Å². The highest BCUT2D eigenvalue weighted by atomic mass is 16.5. The fraction of sp³-hybridized carbons (Fsp3) is 0.600. The number of carbonyl (C=O) groups is 2. The van der Waals surface area contributed by atoms with E-state index in [9.17, 15) is 9.59 Å². The van der Waals surface area contributed by atoms with Crippen molar-refractivity contribution in [3.8, 4) is 5.75 Å². The van der Waals surface area contributed by atoms with Crippen molar-refractivity contribution in [3.63, 3.8) is 0 Å². The van der Waals surface area contributed by atoms with Crippen molar-refractivity contribution in [2.45, 2.75) is 39.0 Å². The van der Waals surface area contributed by atoms with E-state index in [1.807, 2.05) is 34.1 Å². The first-order chi connectivity index (χ1) is 12.2. The predicted octanol–water partition coefficient (Wildman–Crippen LogP) is 2.95. The summed E-state index contributed by atoms with van der Waals surface area (Å²) in [6, 6.07) is 7.38. The molecular formula is C20H28N2O3. The Morgan fingerprint density at radius 2 is 1.68 bits per heavy atom. The van der Waals surface area contributed by atoms with Gasteiger partial charge in [-0.25, -0.2) is 0 Å². The summed E-state index contributed by atoms with van der Waals surface area (Å²) in [5.74, 6) is 1.37. The highest BCUT2D eigenvalue weighted by molar-refractivity contribution is 5.94. The van der Waals surface area contributed by atoms with Gasteiger partial charge >= 0.3 is 0 Å². The molecule has 1 saturated carbocycles. The Labute approximate surface area is 149 Å². The molecule has 1 saturated heterocycles. The van der Waals surface area contributed by atoms with Crippen molar-refractivity contribution < 1.29 is 14.3 Å². The van der Waals surface area contributed by atoms with E-state index in [1.165, 1.54) is 6.42 Å². The Morgan fingerprint density at radius 3 is 2.24 bits per heavy atom. The molecule has 3 rings (SSSR count). The minimum atomic E-state index is 0.0378. The molecule has 0 unspecified atom stereocenters. The van der Waals surface area contributed by atoms with E-state index >= 15 is 0 Å². The van der Waals surface area contributed by atoms with Crippen molar-refractivity contribution in [2.24, 2.45) is 5.92 Å². The molecule has 1 aromatic rings. The molecule has 0 aromatic heterocycles. The molecule has 0 bridgehead atoms. The maximum atomic E-state index is 12.6. The highest BCUT2D eigenvalue weighted by Gasteiger charge is 2.32. The second-order valence-corrected chi connectivity index (χ2v) is 6.97. The van der Waals surface area contributed by atoms with E-state index in [4.69, 9.17) is 4.74 Å². The molecule has 2 amide bonds. The first kappa shape index (κ1) is 17.8. The van der Waals surface area contributed by atoms with E-state index in [2.05, 4.69) is 6.92 Å². The van der Waals surface area contributed by atoms with Crippen LogP contribution < -0.4 is 4.74 Å². The zero-order valence-corrected chi connectivity index (χ0v) is 15.1. The SMILES string of the molecule is CCCCOc1ccc(C(=O)N2CCN(C(=O)C3CCC3)CC2)cc1. The Bertz CT molecular complexity index is 587. The molecule has 1 aliphatic heterocycles. The number of rotatable bonds is 6. The van der Waals surface area contributed by atoms with Gasteiger partial charge in [0, 0.05) is 37.7 Å². The third kappa shape index (κ3) is 4.33. The molecule has 136 valence electrons. The van der Waals surface area contributed by atoms with Gasteiger partial charge in [0.25, 0.3) is 5.91 Å².